The van der Waals surface area contributed by atoms with Crippen LogP contribution in [-0.2, 0) is 19.2 Å². The third-order valence-electron chi connectivity index (χ3n) is 5.08. The molecule has 0 aromatic carbocycles. The van der Waals surface area contributed by atoms with Gasteiger partial charge in [0.1, 0.15) is 18.1 Å². The van der Waals surface area contributed by atoms with E-state index >= 15 is 0 Å². The molecular weight excluding hydrogens is 340 g/mol. The first kappa shape index (κ1) is 20.2. The number of rotatable bonds is 6. The minimum Gasteiger partial charge on any atom is -0.480 e. The molecule has 2 saturated heterocycles. The van der Waals surface area contributed by atoms with E-state index in [4.69, 9.17) is 5.73 Å². The zero-order valence-electron chi connectivity index (χ0n) is 15.3. The molecule has 2 fully saturated rings. The Morgan fingerprint density at radius 1 is 1.08 bits per heavy atom. The molecule has 0 saturated carbocycles. The summed E-state index contributed by atoms with van der Waals surface area (Å²) in [5, 5.41) is 11.9. The topological polar surface area (TPSA) is 133 Å². The van der Waals surface area contributed by atoms with E-state index in [1.807, 2.05) is 13.8 Å². The third-order valence-corrected chi connectivity index (χ3v) is 5.08. The fourth-order valence-electron chi connectivity index (χ4n) is 3.69. The van der Waals surface area contributed by atoms with Gasteiger partial charge in [0, 0.05) is 13.1 Å². The molecular formula is C17H28N4O5. The van der Waals surface area contributed by atoms with Crippen molar-refractivity contribution in [2.45, 2.75) is 57.7 Å². The van der Waals surface area contributed by atoms with E-state index in [-0.39, 0.29) is 24.3 Å². The Hall–Kier alpha value is -2.16. The SMILES string of the molecule is CC(C)C(NC(=O)CN)C(=O)N1CCCC1C(=O)N1CCCC1C(=O)O. The lowest BCUT2D eigenvalue weighted by molar-refractivity contribution is -0.152. The Balaban J connectivity index is 2.15. The van der Waals surface area contributed by atoms with Gasteiger partial charge in [0.2, 0.25) is 17.7 Å². The zero-order chi connectivity index (χ0) is 19.4. The van der Waals surface area contributed by atoms with E-state index in [1.165, 1.54) is 9.80 Å². The minimum absolute atomic E-state index is 0.159. The normalized spacial score (nSPS) is 24.0. The Morgan fingerprint density at radius 2 is 1.65 bits per heavy atom. The van der Waals surface area contributed by atoms with Crippen molar-refractivity contribution in [2.24, 2.45) is 11.7 Å². The van der Waals surface area contributed by atoms with Crippen molar-refractivity contribution in [3.05, 3.63) is 0 Å². The molecule has 3 unspecified atom stereocenters. The fraction of sp³-hybridized carbons (Fsp3) is 0.765. The number of nitrogens with one attached hydrogen (secondary N) is 1. The Kier molecular flexibility index (Phi) is 6.57. The highest BCUT2D eigenvalue weighted by atomic mass is 16.4. The highest BCUT2D eigenvalue weighted by molar-refractivity contribution is 5.94. The second kappa shape index (κ2) is 8.48. The number of aliphatic carboxylic acids is 1. The van der Waals surface area contributed by atoms with E-state index in [1.54, 1.807) is 0 Å². The van der Waals surface area contributed by atoms with Gasteiger partial charge in [-0.2, -0.15) is 0 Å². The van der Waals surface area contributed by atoms with Crippen LogP contribution in [0.2, 0.25) is 0 Å². The Morgan fingerprint density at radius 3 is 2.19 bits per heavy atom. The van der Waals surface area contributed by atoms with Crippen LogP contribution in [0.5, 0.6) is 0 Å². The molecule has 146 valence electrons. The molecule has 3 atom stereocenters. The van der Waals surface area contributed by atoms with Crippen LogP contribution >= 0.6 is 0 Å². The van der Waals surface area contributed by atoms with Gasteiger partial charge in [0.05, 0.1) is 6.54 Å². The summed E-state index contributed by atoms with van der Waals surface area (Å²) in [6, 6.07) is -2.25. The molecule has 0 radical (unpaired) electrons. The summed E-state index contributed by atoms with van der Waals surface area (Å²) < 4.78 is 0. The summed E-state index contributed by atoms with van der Waals surface area (Å²) >= 11 is 0. The number of likely N-dealkylation sites (tertiary alicyclic amines) is 2. The minimum atomic E-state index is -1.01. The molecule has 0 aliphatic carbocycles. The maximum atomic E-state index is 13.0. The van der Waals surface area contributed by atoms with E-state index in [0.717, 1.165) is 0 Å². The van der Waals surface area contributed by atoms with Crippen LogP contribution in [-0.4, -0.2) is 76.4 Å². The molecule has 0 spiro atoms. The third kappa shape index (κ3) is 4.14. The molecule has 2 rings (SSSR count). The molecule has 2 aliphatic heterocycles. The van der Waals surface area contributed by atoms with Gasteiger partial charge in [-0.3, -0.25) is 14.4 Å². The summed E-state index contributed by atoms with van der Waals surface area (Å²) in [5.41, 5.74) is 5.32. The predicted octanol–water partition coefficient (Wildman–Crippen LogP) is -0.847. The lowest BCUT2D eigenvalue weighted by Crippen LogP contribution is -2.57. The first-order chi connectivity index (χ1) is 12.3. The maximum absolute atomic E-state index is 13.0. The number of hydrogen-bond donors (Lipinski definition) is 3. The van der Waals surface area contributed by atoms with Crippen molar-refractivity contribution in [2.75, 3.05) is 19.6 Å². The molecule has 0 aromatic heterocycles. The number of carbonyl (C=O) groups excluding carboxylic acids is 3. The number of nitrogens with two attached hydrogens (primary N) is 1. The van der Waals surface area contributed by atoms with Crippen LogP contribution in [0.1, 0.15) is 39.5 Å². The van der Waals surface area contributed by atoms with Gasteiger partial charge in [-0.15, -0.1) is 0 Å². The van der Waals surface area contributed by atoms with Crippen LogP contribution < -0.4 is 11.1 Å². The van der Waals surface area contributed by atoms with Crippen molar-refractivity contribution in [3.63, 3.8) is 0 Å². The summed E-state index contributed by atoms with van der Waals surface area (Å²) in [6.07, 6.45) is 2.25. The van der Waals surface area contributed by atoms with Crippen LogP contribution in [0.15, 0.2) is 0 Å². The average Bonchev–Trinajstić information content (AvgIpc) is 3.26. The lowest BCUT2D eigenvalue weighted by Gasteiger charge is -2.33. The molecule has 0 aromatic rings. The average molecular weight is 368 g/mol. The number of carboxylic acid groups (broad SMARTS) is 1. The summed E-state index contributed by atoms with van der Waals surface area (Å²) in [4.78, 5) is 51.7. The highest BCUT2D eigenvalue weighted by Crippen LogP contribution is 2.26. The first-order valence-corrected chi connectivity index (χ1v) is 9.11. The van der Waals surface area contributed by atoms with Crippen molar-refractivity contribution in [3.8, 4) is 0 Å². The van der Waals surface area contributed by atoms with Gasteiger partial charge in [-0.05, 0) is 31.6 Å². The second-order valence-electron chi connectivity index (χ2n) is 7.21. The summed E-state index contributed by atoms with van der Waals surface area (Å²) in [5.74, 6) is -2.23. The first-order valence-electron chi connectivity index (χ1n) is 9.11. The van der Waals surface area contributed by atoms with Crippen LogP contribution in [0.3, 0.4) is 0 Å². The monoisotopic (exact) mass is 368 g/mol. The van der Waals surface area contributed by atoms with Crippen molar-refractivity contribution in [1.82, 2.24) is 15.1 Å². The van der Waals surface area contributed by atoms with Crippen molar-refractivity contribution < 1.29 is 24.3 Å². The van der Waals surface area contributed by atoms with Crippen LogP contribution in [0.25, 0.3) is 0 Å². The standard InChI is InChI=1S/C17H28N4O5/c1-10(2)14(19-13(22)9-18)16(24)20-7-3-5-11(20)15(23)21-8-4-6-12(21)17(25)26/h10-12,14H,3-9,18H2,1-2H3,(H,19,22)(H,25,26). The molecule has 0 bridgehead atoms. The van der Waals surface area contributed by atoms with Gasteiger partial charge >= 0.3 is 5.97 Å². The molecule has 3 amide bonds. The van der Waals surface area contributed by atoms with Gasteiger partial charge in [0.15, 0.2) is 0 Å². The van der Waals surface area contributed by atoms with Crippen molar-refractivity contribution >= 4 is 23.7 Å². The predicted molar refractivity (Wildman–Crippen MR) is 92.9 cm³/mol. The quantitative estimate of drug-likeness (QED) is 0.559. The summed E-state index contributed by atoms with van der Waals surface area (Å²) in [6.45, 7) is 4.22. The van der Waals surface area contributed by atoms with Crippen LogP contribution in [0, 0.1) is 5.92 Å². The fourth-order valence-corrected chi connectivity index (χ4v) is 3.69. The Bertz CT molecular complexity index is 580. The highest BCUT2D eigenvalue weighted by Gasteiger charge is 2.43. The number of carbonyl (C=O) groups is 4. The lowest BCUT2D eigenvalue weighted by atomic mass is 10.0. The molecule has 4 N–H and O–H groups in total. The van der Waals surface area contributed by atoms with Crippen molar-refractivity contribution in [1.29, 1.82) is 0 Å². The molecule has 26 heavy (non-hydrogen) atoms. The molecule has 2 aliphatic rings. The smallest absolute Gasteiger partial charge is 0.326 e. The summed E-state index contributed by atoms with van der Waals surface area (Å²) in [7, 11) is 0. The Labute approximate surface area is 152 Å². The van der Waals surface area contributed by atoms with E-state index in [9.17, 15) is 24.3 Å². The largest absolute Gasteiger partial charge is 0.480 e. The molecule has 2 heterocycles. The molecule has 9 nitrogen and oxygen atoms in total. The zero-order valence-corrected chi connectivity index (χ0v) is 15.3. The number of nitrogens with zero attached hydrogens (tertiary/aromatic N) is 2. The van der Waals surface area contributed by atoms with E-state index in [2.05, 4.69) is 5.32 Å². The maximum Gasteiger partial charge on any atom is 0.326 e. The second-order valence-corrected chi connectivity index (χ2v) is 7.21. The molecule has 9 heteroatoms. The van der Waals surface area contributed by atoms with Gasteiger partial charge in [-0.25, -0.2) is 4.79 Å². The number of amides is 3. The van der Waals surface area contributed by atoms with Gasteiger partial charge < -0.3 is 26.0 Å². The number of carboxylic acids is 1. The van der Waals surface area contributed by atoms with E-state index in [0.29, 0.717) is 38.8 Å². The number of hydrogen-bond acceptors (Lipinski definition) is 5. The van der Waals surface area contributed by atoms with E-state index < -0.39 is 30.0 Å². The van der Waals surface area contributed by atoms with Gasteiger partial charge in [-0.1, -0.05) is 13.8 Å². The van der Waals surface area contributed by atoms with Crippen LogP contribution in [0.4, 0.5) is 0 Å². The van der Waals surface area contributed by atoms with Gasteiger partial charge in [0.25, 0.3) is 0 Å².